The quantitative estimate of drug-likeness (QED) is 0.813. The summed E-state index contributed by atoms with van der Waals surface area (Å²) in [5.74, 6) is 0.134. The van der Waals surface area contributed by atoms with Gasteiger partial charge < -0.3 is 4.90 Å². The fourth-order valence-corrected chi connectivity index (χ4v) is 2.09. The van der Waals surface area contributed by atoms with E-state index in [1.807, 2.05) is 26.1 Å². The molecule has 0 aliphatic heterocycles. The van der Waals surface area contributed by atoms with E-state index < -0.39 is 0 Å². The van der Waals surface area contributed by atoms with Crippen LogP contribution in [0.1, 0.15) is 24.6 Å². The van der Waals surface area contributed by atoms with Gasteiger partial charge >= 0.3 is 0 Å². The van der Waals surface area contributed by atoms with Gasteiger partial charge in [0, 0.05) is 56.9 Å². The van der Waals surface area contributed by atoms with E-state index in [2.05, 4.69) is 15.0 Å². The van der Waals surface area contributed by atoms with E-state index in [1.54, 1.807) is 35.9 Å². The van der Waals surface area contributed by atoms with Gasteiger partial charge in [0.2, 0.25) is 5.91 Å². The van der Waals surface area contributed by atoms with Crippen molar-refractivity contribution in [3.8, 4) is 0 Å². The Balaban J connectivity index is 1.84. The summed E-state index contributed by atoms with van der Waals surface area (Å²) in [4.78, 5) is 26.3. The summed E-state index contributed by atoms with van der Waals surface area (Å²) < 4.78 is 0. The molecule has 0 aromatic carbocycles. The Hall–Kier alpha value is -2.30. The maximum Gasteiger partial charge on any atom is 0.222 e. The van der Waals surface area contributed by atoms with Crippen molar-refractivity contribution in [2.45, 2.75) is 32.2 Å². The molecule has 0 spiro atoms. The topological polar surface area (TPSA) is 59.0 Å². The Morgan fingerprint density at radius 3 is 2.71 bits per heavy atom. The van der Waals surface area contributed by atoms with Crippen LogP contribution in [0.5, 0.6) is 0 Å². The zero-order valence-electron chi connectivity index (χ0n) is 12.4. The maximum absolute atomic E-state index is 12.2. The number of rotatable bonds is 6. The molecule has 0 saturated carbocycles. The van der Waals surface area contributed by atoms with Crippen molar-refractivity contribution in [2.75, 3.05) is 7.05 Å². The summed E-state index contributed by atoms with van der Waals surface area (Å²) in [6.07, 6.45) is 10.5. The largest absolute Gasteiger partial charge is 0.343 e. The highest BCUT2D eigenvalue weighted by atomic mass is 16.2. The molecule has 0 bridgehead atoms. The van der Waals surface area contributed by atoms with Gasteiger partial charge in [0.05, 0.1) is 5.69 Å². The van der Waals surface area contributed by atoms with Crippen molar-refractivity contribution in [1.82, 2.24) is 19.9 Å². The normalized spacial score (nSPS) is 11.9. The summed E-state index contributed by atoms with van der Waals surface area (Å²) in [5.41, 5.74) is 1.98. The lowest BCUT2D eigenvalue weighted by molar-refractivity contribution is -0.131. The minimum Gasteiger partial charge on any atom is -0.343 e. The van der Waals surface area contributed by atoms with E-state index >= 15 is 0 Å². The van der Waals surface area contributed by atoms with Gasteiger partial charge in [-0.15, -0.1) is 0 Å². The summed E-state index contributed by atoms with van der Waals surface area (Å²) in [6, 6.07) is 3.98. The Bertz CT molecular complexity index is 559. The van der Waals surface area contributed by atoms with E-state index in [4.69, 9.17) is 0 Å². The minimum absolute atomic E-state index is 0.100. The van der Waals surface area contributed by atoms with Gasteiger partial charge in [0.15, 0.2) is 0 Å². The molecule has 2 heterocycles. The lowest BCUT2D eigenvalue weighted by atomic mass is 10.1. The molecule has 5 nitrogen and oxygen atoms in total. The molecule has 2 aromatic heterocycles. The molecular weight excluding hydrogens is 264 g/mol. The SMILES string of the molecule is C[C@@H](Cc1cnccn1)N(C)C(=O)CCc1cccnc1. The summed E-state index contributed by atoms with van der Waals surface area (Å²) in [7, 11) is 1.84. The Morgan fingerprint density at radius 1 is 1.24 bits per heavy atom. The zero-order valence-corrected chi connectivity index (χ0v) is 12.4. The van der Waals surface area contributed by atoms with Crippen LogP contribution in [0.2, 0.25) is 0 Å². The minimum atomic E-state index is 0.100. The van der Waals surface area contributed by atoms with Crippen molar-refractivity contribution in [2.24, 2.45) is 0 Å². The van der Waals surface area contributed by atoms with Gasteiger partial charge in [-0.25, -0.2) is 0 Å². The van der Waals surface area contributed by atoms with E-state index in [-0.39, 0.29) is 11.9 Å². The second-order valence-electron chi connectivity index (χ2n) is 5.12. The van der Waals surface area contributed by atoms with Crippen molar-refractivity contribution in [3.63, 3.8) is 0 Å². The van der Waals surface area contributed by atoms with Gasteiger partial charge in [0.25, 0.3) is 0 Å². The molecule has 0 aliphatic carbocycles. The first-order chi connectivity index (χ1) is 10.2. The smallest absolute Gasteiger partial charge is 0.222 e. The Morgan fingerprint density at radius 2 is 2.05 bits per heavy atom. The number of pyridine rings is 1. The van der Waals surface area contributed by atoms with Crippen molar-refractivity contribution < 1.29 is 4.79 Å². The standard InChI is InChI=1S/C16H20N4O/c1-13(10-15-12-18-8-9-19-15)20(2)16(21)6-5-14-4-3-7-17-11-14/h3-4,7-9,11-13H,5-6,10H2,1-2H3/t13-/m0/s1. The highest BCUT2D eigenvalue weighted by Gasteiger charge is 2.16. The number of nitrogens with zero attached hydrogens (tertiary/aromatic N) is 4. The molecule has 2 aromatic rings. The molecule has 1 amide bonds. The molecule has 21 heavy (non-hydrogen) atoms. The number of aryl methyl sites for hydroxylation is 1. The third-order valence-corrected chi connectivity index (χ3v) is 3.53. The molecule has 2 rings (SSSR count). The lowest BCUT2D eigenvalue weighted by Gasteiger charge is -2.24. The fourth-order valence-electron chi connectivity index (χ4n) is 2.09. The van der Waals surface area contributed by atoms with Crippen LogP contribution in [0.15, 0.2) is 43.1 Å². The monoisotopic (exact) mass is 284 g/mol. The van der Waals surface area contributed by atoms with Crippen molar-refractivity contribution in [1.29, 1.82) is 0 Å². The average Bonchev–Trinajstić information content (AvgIpc) is 2.53. The molecule has 0 saturated heterocycles. The van der Waals surface area contributed by atoms with Crippen LogP contribution < -0.4 is 0 Å². The van der Waals surface area contributed by atoms with Crippen LogP contribution >= 0.6 is 0 Å². The molecule has 0 unspecified atom stereocenters. The summed E-state index contributed by atoms with van der Waals surface area (Å²) >= 11 is 0. The molecule has 0 radical (unpaired) electrons. The van der Waals surface area contributed by atoms with Crippen LogP contribution in [0.4, 0.5) is 0 Å². The highest BCUT2D eigenvalue weighted by molar-refractivity contribution is 5.76. The van der Waals surface area contributed by atoms with Gasteiger partial charge in [-0.1, -0.05) is 6.07 Å². The van der Waals surface area contributed by atoms with Crippen molar-refractivity contribution in [3.05, 3.63) is 54.4 Å². The number of aromatic nitrogens is 3. The number of carbonyl (C=O) groups is 1. The highest BCUT2D eigenvalue weighted by Crippen LogP contribution is 2.08. The second-order valence-corrected chi connectivity index (χ2v) is 5.12. The average molecular weight is 284 g/mol. The van der Waals surface area contributed by atoms with Gasteiger partial charge in [-0.3, -0.25) is 19.7 Å². The number of hydrogen-bond acceptors (Lipinski definition) is 4. The molecule has 0 N–H and O–H groups in total. The summed E-state index contributed by atoms with van der Waals surface area (Å²) in [6.45, 7) is 2.02. The van der Waals surface area contributed by atoms with Crippen LogP contribution in [0, 0.1) is 0 Å². The van der Waals surface area contributed by atoms with Crippen LogP contribution in [-0.2, 0) is 17.6 Å². The molecule has 110 valence electrons. The van der Waals surface area contributed by atoms with Crippen LogP contribution in [-0.4, -0.2) is 38.8 Å². The number of hydrogen-bond donors (Lipinski definition) is 0. The maximum atomic E-state index is 12.2. The number of likely N-dealkylation sites (N-methyl/N-ethyl adjacent to an activating group) is 1. The Labute approximate surface area is 125 Å². The number of amides is 1. The fraction of sp³-hybridized carbons (Fsp3) is 0.375. The van der Waals surface area contributed by atoms with Gasteiger partial charge in [-0.2, -0.15) is 0 Å². The first-order valence-corrected chi connectivity index (χ1v) is 7.06. The molecule has 5 heteroatoms. The first-order valence-electron chi connectivity index (χ1n) is 7.06. The van der Waals surface area contributed by atoms with Gasteiger partial charge in [0.1, 0.15) is 0 Å². The zero-order chi connectivity index (χ0) is 15.1. The van der Waals surface area contributed by atoms with Crippen LogP contribution in [0.3, 0.4) is 0 Å². The second kappa shape index (κ2) is 7.47. The predicted octanol–water partition coefficient (Wildman–Crippen LogP) is 1.89. The molecular formula is C16H20N4O. The first kappa shape index (κ1) is 15.1. The van der Waals surface area contributed by atoms with Crippen LogP contribution in [0.25, 0.3) is 0 Å². The van der Waals surface area contributed by atoms with Gasteiger partial charge in [-0.05, 0) is 25.0 Å². The van der Waals surface area contributed by atoms with Crippen molar-refractivity contribution >= 4 is 5.91 Å². The summed E-state index contributed by atoms with van der Waals surface area (Å²) in [5, 5.41) is 0. The third kappa shape index (κ3) is 4.63. The molecule has 0 fully saturated rings. The molecule has 0 aliphatic rings. The van der Waals surface area contributed by atoms with E-state index in [0.29, 0.717) is 12.8 Å². The number of carbonyl (C=O) groups excluding carboxylic acids is 1. The van der Waals surface area contributed by atoms with E-state index in [1.165, 1.54) is 0 Å². The molecule has 1 atom stereocenters. The Kier molecular flexibility index (Phi) is 5.37. The predicted molar refractivity (Wildman–Crippen MR) is 80.5 cm³/mol. The lowest BCUT2D eigenvalue weighted by Crippen LogP contribution is -2.36. The van der Waals surface area contributed by atoms with E-state index in [0.717, 1.165) is 17.7 Å². The third-order valence-electron chi connectivity index (χ3n) is 3.53. The van der Waals surface area contributed by atoms with E-state index in [9.17, 15) is 4.79 Å².